The van der Waals surface area contributed by atoms with E-state index in [-0.39, 0.29) is 29.4 Å². The largest absolute Gasteiger partial charge is 0.516 e. The monoisotopic (exact) mass is 565 g/mol. The number of halogens is 4. The van der Waals surface area contributed by atoms with Gasteiger partial charge in [-0.3, -0.25) is 14.7 Å². The van der Waals surface area contributed by atoms with Gasteiger partial charge >= 0.3 is 15.5 Å². The molecule has 38 heavy (non-hydrogen) atoms. The highest BCUT2D eigenvalue weighted by Crippen LogP contribution is 2.41. The molecule has 2 atom stereocenters. The van der Waals surface area contributed by atoms with E-state index in [0.29, 0.717) is 12.0 Å². The molecular formula is C25H19F4N3O4S2. The van der Waals surface area contributed by atoms with Crippen LogP contribution < -0.4 is 9.46 Å². The molecule has 0 saturated heterocycles. The summed E-state index contributed by atoms with van der Waals surface area (Å²) in [4.78, 5) is 9.52. The normalized spacial score (nSPS) is 17.5. The molecule has 2 aromatic carbocycles. The first kappa shape index (κ1) is 26.1. The fourth-order valence-electron chi connectivity index (χ4n) is 4.15. The minimum Gasteiger partial charge on any atom is -0.493 e. The second-order valence-corrected chi connectivity index (χ2v) is 11.2. The van der Waals surface area contributed by atoms with Crippen LogP contribution in [0.1, 0.15) is 17.4 Å². The first-order valence-corrected chi connectivity index (χ1v) is 13.6. The lowest BCUT2D eigenvalue weighted by molar-refractivity contribution is -0.0429. The number of pyridine rings is 1. The smallest absolute Gasteiger partial charge is 0.493 e. The number of nitrogens with zero attached hydrogens (tertiary/aromatic N) is 2. The molecule has 7 nitrogen and oxygen atoms in total. The molecule has 0 bridgehead atoms. The van der Waals surface area contributed by atoms with Gasteiger partial charge in [0.15, 0.2) is 0 Å². The molecule has 0 spiro atoms. The minimum atomic E-state index is -5.73. The van der Waals surface area contributed by atoms with Gasteiger partial charge in [-0.15, -0.1) is 11.3 Å². The topological polar surface area (TPSA) is 101 Å². The van der Waals surface area contributed by atoms with Crippen LogP contribution in [0.25, 0.3) is 21.6 Å². The third-order valence-corrected chi connectivity index (χ3v) is 8.01. The summed E-state index contributed by atoms with van der Waals surface area (Å²) < 4.78 is 83.3. The average Bonchev–Trinajstić information content (AvgIpc) is 3.41. The second kappa shape index (κ2) is 9.97. The Bertz CT molecular complexity index is 1560. The van der Waals surface area contributed by atoms with Crippen molar-refractivity contribution >= 4 is 27.0 Å². The molecule has 1 aliphatic rings. The number of fused-ring (bicyclic) bond motifs is 1. The van der Waals surface area contributed by atoms with E-state index in [1.165, 1.54) is 34.3 Å². The summed E-state index contributed by atoms with van der Waals surface area (Å²) in [7, 11) is -5.73. The number of nitrogens with one attached hydrogen (secondary N) is 1. The van der Waals surface area contributed by atoms with Crippen LogP contribution in [-0.4, -0.2) is 35.6 Å². The lowest BCUT2D eigenvalue weighted by atomic mass is 9.88. The van der Waals surface area contributed by atoms with Gasteiger partial charge in [-0.25, -0.2) is 4.39 Å². The Morgan fingerprint density at radius 1 is 1.08 bits per heavy atom. The van der Waals surface area contributed by atoms with Crippen LogP contribution in [0, 0.1) is 11.7 Å². The lowest BCUT2D eigenvalue weighted by Crippen LogP contribution is -2.30. The highest BCUT2D eigenvalue weighted by Gasteiger charge is 2.46. The van der Waals surface area contributed by atoms with Gasteiger partial charge in [0.2, 0.25) is 0 Å². The summed E-state index contributed by atoms with van der Waals surface area (Å²) in [5, 5.41) is 11.0. The van der Waals surface area contributed by atoms with Crippen molar-refractivity contribution < 1.29 is 35.8 Å². The second-order valence-electron chi connectivity index (χ2n) is 8.62. The number of hydrogen-bond donors (Lipinski definition) is 2. The van der Waals surface area contributed by atoms with Gasteiger partial charge in [-0.2, -0.15) is 21.6 Å². The van der Waals surface area contributed by atoms with Crippen LogP contribution in [0.4, 0.5) is 23.2 Å². The number of aliphatic hydroxyl groups excluding tert-OH is 1. The van der Waals surface area contributed by atoms with Crippen LogP contribution in [0.15, 0.2) is 66.4 Å². The zero-order valence-corrected chi connectivity index (χ0v) is 20.9. The highest BCUT2D eigenvalue weighted by molar-refractivity contribution is 7.93. The van der Waals surface area contributed by atoms with Crippen molar-refractivity contribution in [3.63, 3.8) is 0 Å². The number of hydrogen-bond acceptors (Lipinski definition) is 7. The maximum Gasteiger partial charge on any atom is 0.516 e. The van der Waals surface area contributed by atoms with Gasteiger partial charge in [0, 0.05) is 40.7 Å². The third kappa shape index (κ3) is 5.22. The fourth-order valence-corrected chi connectivity index (χ4v) is 5.35. The van der Waals surface area contributed by atoms with E-state index < -0.39 is 33.1 Å². The van der Waals surface area contributed by atoms with Gasteiger partial charge in [0.05, 0.1) is 28.8 Å². The molecular weight excluding hydrogens is 546 g/mol. The number of aliphatic hydroxyl groups is 1. The quantitative estimate of drug-likeness (QED) is 0.297. The molecule has 0 saturated carbocycles. The number of thiazole rings is 1. The third-order valence-electron chi connectivity index (χ3n) is 6.09. The number of sulfonamides is 1. The number of ether oxygens (including phenoxy) is 1. The van der Waals surface area contributed by atoms with Crippen molar-refractivity contribution in [2.45, 2.75) is 18.0 Å². The highest BCUT2D eigenvalue weighted by atomic mass is 32.2. The van der Waals surface area contributed by atoms with E-state index in [0.717, 1.165) is 34.3 Å². The Morgan fingerprint density at radius 3 is 2.55 bits per heavy atom. The molecule has 1 aliphatic heterocycles. The number of aromatic nitrogens is 2. The first-order chi connectivity index (χ1) is 18.0. The maximum absolute atomic E-state index is 14.0. The first-order valence-electron chi connectivity index (χ1n) is 11.2. The van der Waals surface area contributed by atoms with Crippen LogP contribution >= 0.6 is 11.3 Å². The van der Waals surface area contributed by atoms with Crippen molar-refractivity contribution in [3.05, 3.63) is 83.5 Å². The number of benzene rings is 2. The predicted molar refractivity (Wildman–Crippen MR) is 133 cm³/mol. The molecule has 0 radical (unpaired) electrons. The Balaban J connectivity index is 1.37. The standard InChI is InChI=1S/C25H19F4N3O4S2/c26-17-3-6-21(32-38(34,35)25(27,28)29)20(9-17)14-2-5-19-22(8-14)36-12-16(24(19)33)7-18-4-1-15(10-31-18)23-11-30-13-37-23/h1-6,8-11,13,16,24,32-33H,7,12H2/t16?,24-/m0/s1. The van der Waals surface area contributed by atoms with Gasteiger partial charge in [-0.1, -0.05) is 18.2 Å². The molecule has 2 aromatic heterocycles. The molecule has 3 heterocycles. The number of anilines is 1. The molecule has 13 heteroatoms. The summed E-state index contributed by atoms with van der Waals surface area (Å²) in [6.07, 6.45) is 3.00. The van der Waals surface area contributed by atoms with E-state index in [4.69, 9.17) is 4.74 Å². The molecule has 0 fully saturated rings. The predicted octanol–water partition coefficient (Wildman–Crippen LogP) is 5.56. The summed E-state index contributed by atoms with van der Waals surface area (Å²) in [6, 6.07) is 10.9. The molecule has 0 amide bonds. The zero-order valence-electron chi connectivity index (χ0n) is 19.3. The van der Waals surface area contributed by atoms with Crippen molar-refractivity contribution in [2.24, 2.45) is 5.92 Å². The van der Waals surface area contributed by atoms with E-state index in [1.807, 2.05) is 12.1 Å². The Hall–Kier alpha value is -3.55. The SMILES string of the molecule is O=S(=O)(Nc1ccc(F)cc1-c1ccc2c(c1)OCC(Cc1ccc(-c3cncs3)cn1)[C@@H]2O)C(F)(F)F. The average molecular weight is 566 g/mol. The van der Waals surface area contributed by atoms with Gasteiger partial charge < -0.3 is 9.84 Å². The van der Waals surface area contributed by atoms with Crippen molar-refractivity contribution in [1.29, 1.82) is 0 Å². The van der Waals surface area contributed by atoms with E-state index in [1.54, 1.807) is 17.9 Å². The van der Waals surface area contributed by atoms with E-state index in [9.17, 15) is 31.1 Å². The van der Waals surface area contributed by atoms with Crippen LogP contribution in [0.5, 0.6) is 5.75 Å². The minimum absolute atomic E-state index is 0.119. The zero-order chi connectivity index (χ0) is 27.1. The van der Waals surface area contributed by atoms with Crippen LogP contribution in [-0.2, 0) is 16.4 Å². The number of alkyl halides is 3. The molecule has 4 aromatic rings. The van der Waals surface area contributed by atoms with Gasteiger partial charge in [0.25, 0.3) is 0 Å². The van der Waals surface area contributed by atoms with Crippen LogP contribution in [0.3, 0.4) is 0 Å². The Morgan fingerprint density at radius 2 is 1.87 bits per heavy atom. The van der Waals surface area contributed by atoms with E-state index in [2.05, 4.69) is 9.97 Å². The number of rotatable bonds is 6. The van der Waals surface area contributed by atoms with Crippen molar-refractivity contribution in [2.75, 3.05) is 11.3 Å². The van der Waals surface area contributed by atoms with Crippen molar-refractivity contribution in [1.82, 2.24) is 9.97 Å². The molecule has 1 unspecified atom stereocenters. The maximum atomic E-state index is 14.0. The Labute approximate surface area is 218 Å². The molecule has 5 rings (SSSR count). The van der Waals surface area contributed by atoms with Gasteiger partial charge in [0.1, 0.15) is 11.6 Å². The molecule has 0 aliphatic carbocycles. The summed E-state index contributed by atoms with van der Waals surface area (Å²) >= 11 is 1.50. The van der Waals surface area contributed by atoms with E-state index >= 15 is 0 Å². The van der Waals surface area contributed by atoms with Crippen molar-refractivity contribution in [3.8, 4) is 27.3 Å². The summed E-state index contributed by atoms with van der Waals surface area (Å²) in [5.41, 5.74) is -2.05. The summed E-state index contributed by atoms with van der Waals surface area (Å²) in [6.45, 7) is 0.132. The molecule has 2 N–H and O–H groups in total. The molecule has 198 valence electrons. The van der Waals surface area contributed by atoms with Gasteiger partial charge in [-0.05, 0) is 42.3 Å². The lowest BCUT2D eigenvalue weighted by Gasteiger charge is -2.30. The van der Waals surface area contributed by atoms with Crippen LogP contribution in [0.2, 0.25) is 0 Å². The fraction of sp³-hybridized carbons (Fsp3) is 0.200. The Kier molecular flexibility index (Phi) is 6.84. The summed E-state index contributed by atoms with van der Waals surface area (Å²) in [5.74, 6) is -0.838.